The first-order valence-corrected chi connectivity index (χ1v) is 22.5. The lowest BCUT2D eigenvalue weighted by molar-refractivity contribution is -0.120. The number of hydrogen-bond acceptors (Lipinski definition) is 12. The van der Waals surface area contributed by atoms with Gasteiger partial charge in [-0.2, -0.15) is 10.4 Å². The highest BCUT2D eigenvalue weighted by molar-refractivity contribution is 6.24. The molecule has 0 bridgehead atoms. The predicted molar refractivity (Wildman–Crippen MR) is 245 cm³/mol. The fourth-order valence-electron chi connectivity index (χ4n) is 9.64. The molecule has 3 saturated heterocycles. The number of hydrogen-bond donors (Lipinski definition) is 1. The molecule has 5 aromatic rings. The molecule has 0 spiro atoms. The Balaban J connectivity index is 0.761. The zero-order chi connectivity index (χ0) is 46.1. The van der Waals surface area contributed by atoms with E-state index in [0.717, 1.165) is 76.5 Å². The molecule has 0 saturated carbocycles. The number of carbonyl (C=O) groups is 4. The van der Waals surface area contributed by atoms with Gasteiger partial charge in [-0.25, -0.2) is 9.18 Å². The number of anilines is 3. The van der Waals surface area contributed by atoms with E-state index in [1.807, 2.05) is 43.3 Å². The molecule has 3 fully saturated rings. The molecule has 0 unspecified atom stereocenters. The van der Waals surface area contributed by atoms with Crippen molar-refractivity contribution in [2.45, 2.75) is 45.1 Å². The molecule has 5 amide bonds. The second kappa shape index (κ2) is 18.7. The Morgan fingerprint density at radius 3 is 2.36 bits per heavy atom. The van der Waals surface area contributed by atoms with E-state index in [4.69, 9.17) is 14.2 Å². The first-order chi connectivity index (χ1) is 32.0. The molecule has 342 valence electrons. The number of nitrogens with one attached hydrogen (secondary N) is 1. The lowest BCUT2D eigenvalue weighted by atomic mass is 9.92. The number of benzene rings is 4. The number of halogens is 1. The number of amides is 5. The molecule has 5 heterocycles. The monoisotopic (exact) mass is 897 g/mol. The third-order valence-corrected chi connectivity index (χ3v) is 13.2. The van der Waals surface area contributed by atoms with Gasteiger partial charge in [0.25, 0.3) is 11.8 Å². The van der Waals surface area contributed by atoms with E-state index < -0.39 is 23.8 Å². The van der Waals surface area contributed by atoms with E-state index in [9.17, 15) is 24.4 Å². The summed E-state index contributed by atoms with van der Waals surface area (Å²) < 4.78 is 34.2. The molecule has 1 aromatic heterocycles. The van der Waals surface area contributed by atoms with Crippen LogP contribution in [0.1, 0.15) is 71.3 Å². The minimum absolute atomic E-state index is 0.0359. The summed E-state index contributed by atoms with van der Waals surface area (Å²) in [4.78, 5) is 61.9. The number of aryl methyl sites for hydroxylation is 1. The van der Waals surface area contributed by atoms with Crippen LogP contribution in [0.5, 0.6) is 23.0 Å². The molecular weight excluding hydrogens is 846 g/mol. The second-order valence-electron chi connectivity index (χ2n) is 17.0. The van der Waals surface area contributed by atoms with Crippen LogP contribution in [-0.2, 0) is 11.8 Å². The van der Waals surface area contributed by atoms with E-state index in [2.05, 4.69) is 31.2 Å². The third kappa shape index (κ3) is 8.56. The summed E-state index contributed by atoms with van der Waals surface area (Å²) in [5, 5.41) is 17.0. The summed E-state index contributed by atoms with van der Waals surface area (Å²) in [5.74, 6) is 0.623. The highest BCUT2D eigenvalue weighted by Crippen LogP contribution is 2.41. The van der Waals surface area contributed by atoms with Crippen LogP contribution in [0.25, 0.3) is 10.9 Å². The standard InChI is InChI=1S/C49H52FN9O7/c1-4-65-43-28-32(8-13-41(43)64-3)38(14-19-51)59-47(61)35-6-5-7-39(45(35)48(59)62)57-21-16-31(17-22-57)15-20-55-24-26-56(27-25-55)33-9-11-34(12-10-33)66-42-30-40-36(29-37(42)50)46(53-54(40)2)58-23-18-44(60)52-49(58)63/h5-13,28-31,38H,4,14-18,20-27H2,1-3H3,(H,52,60,63)/t38-/m1/s1. The number of fused-ring (bicyclic) bond motifs is 2. The summed E-state index contributed by atoms with van der Waals surface area (Å²) in [7, 11) is 3.25. The highest BCUT2D eigenvalue weighted by atomic mass is 19.1. The Labute approximate surface area is 382 Å². The van der Waals surface area contributed by atoms with E-state index in [1.165, 1.54) is 15.9 Å². The van der Waals surface area contributed by atoms with Crippen molar-refractivity contribution >= 4 is 51.8 Å². The van der Waals surface area contributed by atoms with Gasteiger partial charge in [0.15, 0.2) is 28.9 Å². The molecule has 66 heavy (non-hydrogen) atoms. The van der Waals surface area contributed by atoms with Crippen molar-refractivity contribution in [1.82, 2.24) is 24.9 Å². The maximum Gasteiger partial charge on any atom is 0.329 e. The number of ether oxygens (including phenoxy) is 3. The Kier molecular flexibility index (Phi) is 12.5. The molecule has 17 heteroatoms. The average Bonchev–Trinajstić information content (AvgIpc) is 3.78. The highest BCUT2D eigenvalue weighted by Gasteiger charge is 2.43. The Morgan fingerprint density at radius 1 is 0.879 bits per heavy atom. The van der Waals surface area contributed by atoms with Crippen LogP contribution in [0.4, 0.5) is 26.4 Å². The molecule has 4 aliphatic rings. The van der Waals surface area contributed by atoms with Crippen molar-refractivity contribution in [3.8, 4) is 29.1 Å². The van der Waals surface area contributed by atoms with Gasteiger partial charge >= 0.3 is 6.03 Å². The number of carbonyl (C=O) groups excluding carboxylic acids is 4. The number of methoxy groups -OCH3 is 1. The van der Waals surface area contributed by atoms with Crippen molar-refractivity contribution in [2.24, 2.45) is 13.0 Å². The van der Waals surface area contributed by atoms with Crippen LogP contribution in [0.2, 0.25) is 0 Å². The third-order valence-electron chi connectivity index (χ3n) is 13.2. The van der Waals surface area contributed by atoms with Crippen molar-refractivity contribution in [1.29, 1.82) is 5.26 Å². The first-order valence-electron chi connectivity index (χ1n) is 22.5. The number of piperazine rings is 1. The SMILES string of the molecule is CCOc1cc([C@@H](CC#N)N2C(=O)c3cccc(N4CCC(CCN5CCN(c6ccc(Oc7cc8c(cc7F)c(N7CCC(=O)NC7=O)nn8C)cc6)CC5)CC4)c3C2=O)ccc1OC. The smallest absolute Gasteiger partial charge is 0.329 e. The lowest BCUT2D eigenvalue weighted by Crippen LogP contribution is -2.49. The normalized spacial score (nSPS) is 17.6. The molecule has 16 nitrogen and oxygen atoms in total. The molecule has 0 radical (unpaired) electrons. The number of urea groups is 1. The summed E-state index contributed by atoms with van der Waals surface area (Å²) >= 11 is 0. The van der Waals surface area contributed by atoms with Gasteiger partial charge in [0.2, 0.25) is 5.91 Å². The van der Waals surface area contributed by atoms with Crippen LogP contribution < -0.4 is 34.2 Å². The van der Waals surface area contributed by atoms with Crippen LogP contribution in [0, 0.1) is 23.1 Å². The number of rotatable bonds is 14. The van der Waals surface area contributed by atoms with Gasteiger partial charge in [0, 0.05) is 76.4 Å². The minimum atomic E-state index is -0.785. The largest absolute Gasteiger partial charge is 0.493 e. The summed E-state index contributed by atoms with van der Waals surface area (Å²) in [6, 6.07) is 22.1. The van der Waals surface area contributed by atoms with Gasteiger partial charge in [-0.05, 0) is 98.8 Å². The van der Waals surface area contributed by atoms with Crippen molar-refractivity contribution in [3.63, 3.8) is 0 Å². The summed E-state index contributed by atoms with van der Waals surface area (Å²) in [5.41, 5.74) is 3.80. The molecule has 9 rings (SSSR count). The van der Waals surface area contributed by atoms with E-state index in [1.54, 1.807) is 49.2 Å². The van der Waals surface area contributed by atoms with Crippen molar-refractivity contribution < 1.29 is 37.8 Å². The Morgan fingerprint density at radius 2 is 1.65 bits per heavy atom. The zero-order valence-corrected chi connectivity index (χ0v) is 37.3. The summed E-state index contributed by atoms with van der Waals surface area (Å²) in [6.45, 7) is 8.61. The molecule has 0 aliphatic carbocycles. The molecular formula is C49H52FN9O7. The van der Waals surface area contributed by atoms with Gasteiger partial charge in [-0.1, -0.05) is 12.1 Å². The predicted octanol–water partition coefficient (Wildman–Crippen LogP) is 7.04. The molecule has 4 aromatic carbocycles. The van der Waals surface area contributed by atoms with Gasteiger partial charge in [-0.15, -0.1) is 0 Å². The van der Waals surface area contributed by atoms with Crippen LogP contribution in [0.3, 0.4) is 0 Å². The van der Waals surface area contributed by atoms with Gasteiger partial charge in [0.1, 0.15) is 5.75 Å². The zero-order valence-electron chi connectivity index (χ0n) is 37.3. The van der Waals surface area contributed by atoms with Crippen molar-refractivity contribution in [3.05, 3.63) is 95.3 Å². The van der Waals surface area contributed by atoms with Gasteiger partial charge in [0.05, 0.1) is 54.6 Å². The number of imide groups is 2. The number of aromatic nitrogens is 2. The topological polar surface area (TPSA) is 166 Å². The van der Waals surface area contributed by atoms with Crippen LogP contribution in [0.15, 0.2) is 72.8 Å². The molecule has 4 aliphatic heterocycles. The average molecular weight is 898 g/mol. The fourth-order valence-corrected chi connectivity index (χ4v) is 9.64. The van der Waals surface area contributed by atoms with E-state index in [0.29, 0.717) is 57.4 Å². The maximum absolute atomic E-state index is 15.4. The van der Waals surface area contributed by atoms with Crippen LogP contribution in [-0.4, -0.2) is 109 Å². The number of piperidine rings is 1. The Hall–Kier alpha value is -7.19. The number of nitrogens with zero attached hydrogens (tertiary/aromatic N) is 8. The first kappa shape index (κ1) is 44.0. The maximum atomic E-state index is 15.4. The van der Waals surface area contributed by atoms with Gasteiger partial charge in [-0.3, -0.25) is 39.1 Å². The van der Waals surface area contributed by atoms with Crippen LogP contribution >= 0.6 is 0 Å². The summed E-state index contributed by atoms with van der Waals surface area (Å²) in [6.07, 6.45) is 3.12. The van der Waals surface area contributed by atoms with E-state index >= 15 is 4.39 Å². The van der Waals surface area contributed by atoms with Crippen molar-refractivity contribution in [2.75, 3.05) is 80.8 Å². The second-order valence-corrected chi connectivity index (χ2v) is 17.0. The minimum Gasteiger partial charge on any atom is -0.493 e. The van der Waals surface area contributed by atoms with Gasteiger partial charge < -0.3 is 24.0 Å². The fraction of sp³-hybridized carbons (Fsp3) is 0.388. The Bertz CT molecular complexity index is 2720. The van der Waals surface area contributed by atoms with E-state index in [-0.39, 0.29) is 42.8 Å². The quantitative estimate of drug-likeness (QED) is 0.113. The lowest BCUT2D eigenvalue weighted by Gasteiger charge is -2.38. The molecule has 1 N–H and O–H groups in total. The molecule has 1 atom stereocenters. The number of nitriles is 1.